The van der Waals surface area contributed by atoms with Gasteiger partial charge in [-0.1, -0.05) is 12.1 Å². The van der Waals surface area contributed by atoms with E-state index in [1.165, 1.54) is 4.90 Å². The van der Waals surface area contributed by atoms with Crippen LogP contribution >= 0.6 is 0 Å². The number of likely N-dealkylation sites (N-methyl/N-ethyl adjacent to an activating group) is 1. The lowest BCUT2D eigenvalue weighted by Gasteiger charge is -2.14. The lowest BCUT2D eigenvalue weighted by Crippen LogP contribution is -2.21. The van der Waals surface area contributed by atoms with Gasteiger partial charge in [0.2, 0.25) is 5.91 Å². The Morgan fingerprint density at radius 2 is 2.28 bits per heavy atom. The third kappa shape index (κ3) is 2.09. The maximum absolute atomic E-state index is 11.5. The van der Waals surface area contributed by atoms with Crippen LogP contribution in [0, 0.1) is 0 Å². The minimum absolute atomic E-state index is 0.00720. The van der Waals surface area contributed by atoms with Crippen LogP contribution in [0.2, 0.25) is 0 Å². The zero-order valence-electron chi connectivity index (χ0n) is 10.3. The minimum Gasteiger partial charge on any atom is -0.464 e. The Balaban J connectivity index is 2.27. The van der Waals surface area contributed by atoms with E-state index in [1.54, 1.807) is 32.2 Å². The lowest BCUT2D eigenvalue weighted by atomic mass is 10.0. The van der Waals surface area contributed by atoms with Gasteiger partial charge < -0.3 is 14.7 Å². The number of fused-ring (bicyclic) bond motifs is 1. The second-order valence-corrected chi connectivity index (χ2v) is 4.17. The summed E-state index contributed by atoms with van der Waals surface area (Å²) < 4.78 is 4.76. The van der Waals surface area contributed by atoms with E-state index in [0.717, 1.165) is 11.3 Å². The van der Waals surface area contributed by atoms with E-state index in [4.69, 9.17) is 4.74 Å². The molecule has 0 bridgehead atoms. The van der Waals surface area contributed by atoms with Crippen LogP contribution in [0.3, 0.4) is 0 Å². The molecule has 1 aromatic rings. The molecule has 1 aromatic carbocycles. The molecule has 1 unspecified atom stereocenters. The van der Waals surface area contributed by atoms with Gasteiger partial charge in [0, 0.05) is 12.7 Å². The second-order valence-electron chi connectivity index (χ2n) is 4.17. The summed E-state index contributed by atoms with van der Waals surface area (Å²) >= 11 is 0. The molecule has 0 spiro atoms. The molecule has 1 aliphatic heterocycles. The fourth-order valence-electron chi connectivity index (χ4n) is 1.99. The number of nitrogens with zero attached hydrogens (tertiary/aromatic N) is 1. The van der Waals surface area contributed by atoms with Crippen molar-refractivity contribution in [3.8, 4) is 0 Å². The maximum atomic E-state index is 11.5. The number of carbonyl (C=O) groups excluding carboxylic acids is 2. The molecule has 5 heteroatoms. The van der Waals surface area contributed by atoms with Gasteiger partial charge in [0.05, 0.1) is 13.0 Å². The molecule has 0 aliphatic carbocycles. The monoisotopic (exact) mass is 249 g/mol. The number of anilines is 1. The van der Waals surface area contributed by atoms with E-state index in [9.17, 15) is 14.7 Å². The molecule has 0 radical (unpaired) electrons. The summed E-state index contributed by atoms with van der Waals surface area (Å²) in [5.41, 5.74) is 2.08. The number of hydrogen-bond acceptors (Lipinski definition) is 4. The van der Waals surface area contributed by atoms with Gasteiger partial charge in [-0.15, -0.1) is 0 Å². The molecule has 2 rings (SSSR count). The molecule has 1 N–H and O–H groups in total. The predicted octanol–water partition coefficient (Wildman–Crippen LogP) is 0.802. The van der Waals surface area contributed by atoms with E-state index in [-0.39, 0.29) is 12.5 Å². The van der Waals surface area contributed by atoms with Crippen molar-refractivity contribution in [2.24, 2.45) is 0 Å². The highest BCUT2D eigenvalue weighted by Gasteiger charge is 2.26. The normalized spacial score (nSPS) is 15.5. The Hall–Kier alpha value is -1.88. The third-order valence-electron chi connectivity index (χ3n) is 3.01. The molecule has 5 nitrogen and oxygen atoms in total. The third-order valence-corrected chi connectivity index (χ3v) is 3.01. The Morgan fingerprint density at radius 3 is 2.94 bits per heavy atom. The molecule has 0 saturated carbocycles. The minimum atomic E-state index is -1.31. The molecule has 1 amide bonds. The smallest absolute Gasteiger partial charge is 0.339 e. The van der Waals surface area contributed by atoms with Gasteiger partial charge in [-0.25, -0.2) is 4.79 Å². The van der Waals surface area contributed by atoms with Crippen LogP contribution in [0.5, 0.6) is 0 Å². The Labute approximate surface area is 105 Å². The average Bonchev–Trinajstić information content (AvgIpc) is 2.64. The standard InChI is InChI=1S/C13H15NO4/c1-3-18-13(17)12(16)9-5-4-8-7-11(15)14(2)10(8)6-9/h4-6,12,16H,3,7H2,1-2H3. The number of rotatable bonds is 3. The van der Waals surface area contributed by atoms with Gasteiger partial charge in [0.25, 0.3) is 0 Å². The summed E-state index contributed by atoms with van der Waals surface area (Å²) in [7, 11) is 1.68. The van der Waals surface area contributed by atoms with Crippen molar-refractivity contribution in [2.45, 2.75) is 19.4 Å². The molecule has 1 atom stereocenters. The van der Waals surface area contributed by atoms with Gasteiger partial charge >= 0.3 is 5.97 Å². The number of esters is 1. The highest BCUT2D eigenvalue weighted by atomic mass is 16.5. The highest BCUT2D eigenvalue weighted by molar-refractivity contribution is 6.01. The summed E-state index contributed by atoms with van der Waals surface area (Å²) in [6.45, 7) is 1.90. The van der Waals surface area contributed by atoms with Crippen molar-refractivity contribution >= 4 is 17.6 Å². The SMILES string of the molecule is CCOC(=O)C(O)c1ccc2c(c1)N(C)C(=O)C2. The number of hydrogen-bond donors (Lipinski definition) is 1. The van der Waals surface area contributed by atoms with Crippen LogP contribution < -0.4 is 4.90 Å². The zero-order valence-corrected chi connectivity index (χ0v) is 10.3. The Morgan fingerprint density at radius 1 is 1.56 bits per heavy atom. The highest BCUT2D eigenvalue weighted by Crippen LogP contribution is 2.30. The summed E-state index contributed by atoms with van der Waals surface area (Å²) in [5, 5.41) is 9.83. The zero-order chi connectivity index (χ0) is 13.3. The van der Waals surface area contributed by atoms with Crippen LogP contribution in [0.25, 0.3) is 0 Å². The van der Waals surface area contributed by atoms with Gasteiger partial charge in [-0.05, 0) is 24.1 Å². The number of amides is 1. The average molecular weight is 249 g/mol. The maximum Gasteiger partial charge on any atom is 0.339 e. The van der Waals surface area contributed by atoms with Gasteiger partial charge in [0.1, 0.15) is 0 Å². The first kappa shape index (κ1) is 12.6. The van der Waals surface area contributed by atoms with E-state index in [1.807, 2.05) is 0 Å². The van der Waals surface area contributed by atoms with Crippen molar-refractivity contribution in [1.82, 2.24) is 0 Å². The first-order chi connectivity index (χ1) is 8.54. The molecule has 18 heavy (non-hydrogen) atoms. The second kappa shape index (κ2) is 4.78. The molecular weight excluding hydrogens is 234 g/mol. The summed E-state index contributed by atoms with van der Waals surface area (Å²) in [5.74, 6) is -0.669. The van der Waals surface area contributed by atoms with E-state index >= 15 is 0 Å². The van der Waals surface area contributed by atoms with Gasteiger partial charge in [0.15, 0.2) is 6.10 Å². The molecule has 0 saturated heterocycles. The topological polar surface area (TPSA) is 66.8 Å². The molecule has 1 aliphatic rings. The van der Waals surface area contributed by atoms with Crippen molar-refractivity contribution in [2.75, 3.05) is 18.6 Å². The Bertz CT molecular complexity index is 498. The fraction of sp³-hybridized carbons (Fsp3) is 0.385. The molecule has 0 fully saturated rings. The van der Waals surface area contributed by atoms with Crippen molar-refractivity contribution in [1.29, 1.82) is 0 Å². The number of ether oxygens (including phenoxy) is 1. The fourth-order valence-corrected chi connectivity index (χ4v) is 1.99. The number of benzene rings is 1. The van der Waals surface area contributed by atoms with E-state index < -0.39 is 12.1 Å². The molecule has 1 heterocycles. The van der Waals surface area contributed by atoms with Crippen LogP contribution in [0.4, 0.5) is 5.69 Å². The van der Waals surface area contributed by atoms with Crippen LogP contribution in [-0.4, -0.2) is 30.6 Å². The van der Waals surface area contributed by atoms with Crippen LogP contribution in [0.1, 0.15) is 24.2 Å². The van der Waals surface area contributed by atoms with Crippen molar-refractivity contribution in [3.05, 3.63) is 29.3 Å². The summed E-state index contributed by atoms with van der Waals surface area (Å²) in [6.07, 6.45) is -0.943. The lowest BCUT2D eigenvalue weighted by molar-refractivity contribution is -0.153. The Kier molecular flexibility index (Phi) is 3.34. The number of carbonyl (C=O) groups is 2. The quantitative estimate of drug-likeness (QED) is 0.805. The van der Waals surface area contributed by atoms with Crippen LogP contribution in [0.15, 0.2) is 18.2 Å². The predicted molar refractivity (Wildman–Crippen MR) is 65.1 cm³/mol. The van der Waals surface area contributed by atoms with E-state index in [0.29, 0.717) is 12.0 Å². The first-order valence-corrected chi connectivity index (χ1v) is 5.78. The van der Waals surface area contributed by atoms with Crippen LogP contribution in [-0.2, 0) is 20.7 Å². The molecule has 96 valence electrons. The van der Waals surface area contributed by atoms with Crippen molar-refractivity contribution < 1.29 is 19.4 Å². The molecular formula is C13H15NO4. The molecule has 0 aromatic heterocycles. The van der Waals surface area contributed by atoms with Gasteiger partial charge in [-0.3, -0.25) is 4.79 Å². The number of aliphatic hydroxyl groups is 1. The first-order valence-electron chi connectivity index (χ1n) is 5.78. The number of aliphatic hydroxyl groups excluding tert-OH is 1. The largest absolute Gasteiger partial charge is 0.464 e. The van der Waals surface area contributed by atoms with Gasteiger partial charge in [-0.2, -0.15) is 0 Å². The van der Waals surface area contributed by atoms with E-state index in [2.05, 4.69) is 0 Å². The summed E-state index contributed by atoms with van der Waals surface area (Å²) in [4.78, 5) is 24.5. The summed E-state index contributed by atoms with van der Waals surface area (Å²) in [6, 6.07) is 5.06. The van der Waals surface area contributed by atoms with Crippen molar-refractivity contribution in [3.63, 3.8) is 0 Å².